The van der Waals surface area contributed by atoms with Gasteiger partial charge in [-0.2, -0.15) is 0 Å². The molecule has 5 nitrogen and oxygen atoms in total. The van der Waals surface area contributed by atoms with E-state index in [-0.39, 0.29) is 11.7 Å². The summed E-state index contributed by atoms with van der Waals surface area (Å²) in [5.74, 6) is 0.861. The quantitative estimate of drug-likeness (QED) is 0.849. The lowest BCUT2D eigenvalue weighted by atomic mass is 10.1. The molecule has 0 atom stereocenters. The number of hydrogen-bond donors (Lipinski definition) is 0. The molecule has 4 rings (SSSR count). The first-order valence-corrected chi connectivity index (χ1v) is 9.30. The van der Waals surface area contributed by atoms with Crippen LogP contribution in [0.2, 0.25) is 0 Å². The fourth-order valence-corrected chi connectivity index (χ4v) is 3.85. The second-order valence-electron chi connectivity index (χ2n) is 7.00. The third-order valence-corrected chi connectivity index (χ3v) is 5.29. The summed E-state index contributed by atoms with van der Waals surface area (Å²) in [6.45, 7) is 3.46. The topological polar surface area (TPSA) is 49.3 Å². The summed E-state index contributed by atoms with van der Waals surface area (Å²) in [5.41, 5.74) is 3.11. The van der Waals surface area contributed by atoms with Gasteiger partial charge in [0.2, 0.25) is 5.91 Å². The molecule has 0 unspecified atom stereocenters. The Hall–Kier alpha value is -2.50. The van der Waals surface area contributed by atoms with Gasteiger partial charge in [-0.1, -0.05) is 12.1 Å². The van der Waals surface area contributed by atoms with Crippen LogP contribution in [0.4, 0.5) is 10.2 Å². The van der Waals surface area contributed by atoms with Gasteiger partial charge in [-0.05, 0) is 37.0 Å². The third kappa shape index (κ3) is 3.54. The van der Waals surface area contributed by atoms with Crippen LogP contribution in [0.25, 0.3) is 0 Å². The third-order valence-electron chi connectivity index (χ3n) is 5.29. The maximum atomic E-state index is 13.0. The molecule has 1 aromatic carbocycles. The van der Waals surface area contributed by atoms with Crippen molar-refractivity contribution < 1.29 is 9.18 Å². The standard InChI is InChI=1S/C20H23FN4O/c21-16-5-3-15(4-6-16)13-19(26)24-11-7-17-18(8-12-24)22-14-23-20(17)25-9-1-2-10-25/h3-6,14H,1-2,7-13H2. The van der Waals surface area contributed by atoms with E-state index in [4.69, 9.17) is 0 Å². The van der Waals surface area contributed by atoms with E-state index in [0.717, 1.165) is 43.0 Å². The Balaban J connectivity index is 1.46. The molecule has 0 N–H and O–H groups in total. The lowest BCUT2D eigenvalue weighted by Gasteiger charge is -2.21. The van der Waals surface area contributed by atoms with Gasteiger partial charge in [0.1, 0.15) is 18.0 Å². The first-order valence-electron chi connectivity index (χ1n) is 9.30. The van der Waals surface area contributed by atoms with Crippen molar-refractivity contribution in [2.24, 2.45) is 0 Å². The van der Waals surface area contributed by atoms with Crippen LogP contribution in [-0.2, 0) is 24.1 Å². The van der Waals surface area contributed by atoms with Gasteiger partial charge in [0.25, 0.3) is 0 Å². The molecule has 2 aromatic rings. The highest BCUT2D eigenvalue weighted by Crippen LogP contribution is 2.26. The molecule has 0 radical (unpaired) electrons. The number of carbonyl (C=O) groups excluding carboxylic acids is 1. The fraction of sp³-hybridized carbons (Fsp3) is 0.450. The molecule has 2 aliphatic rings. The molecule has 136 valence electrons. The molecule has 6 heteroatoms. The van der Waals surface area contributed by atoms with Crippen LogP contribution in [0.5, 0.6) is 0 Å². The Labute approximate surface area is 152 Å². The smallest absolute Gasteiger partial charge is 0.227 e. The molecule has 0 spiro atoms. The van der Waals surface area contributed by atoms with Gasteiger partial charge < -0.3 is 9.80 Å². The summed E-state index contributed by atoms with van der Waals surface area (Å²) < 4.78 is 13.0. The van der Waals surface area contributed by atoms with Crippen molar-refractivity contribution in [1.82, 2.24) is 14.9 Å². The van der Waals surface area contributed by atoms with E-state index in [2.05, 4.69) is 14.9 Å². The first-order chi connectivity index (χ1) is 12.7. The summed E-state index contributed by atoms with van der Waals surface area (Å²) in [5, 5.41) is 0. The van der Waals surface area contributed by atoms with Crippen molar-refractivity contribution in [3.8, 4) is 0 Å². The molecular formula is C20H23FN4O. The number of fused-ring (bicyclic) bond motifs is 1. The molecule has 26 heavy (non-hydrogen) atoms. The van der Waals surface area contributed by atoms with Crippen LogP contribution >= 0.6 is 0 Å². The van der Waals surface area contributed by atoms with Gasteiger partial charge in [0, 0.05) is 38.2 Å². The summed E-state index contributed by atoms with van der Waals surface area (Å²) in [6.07, 6.45) is 5.93. The van der Waals surface area contributed by atoms with Crippen LogP contribution < -0.4 is 4.90 Å². The summed E-state index contributed by atoms with van der Waals surface area (Å²) in [4.78, 5) is 25.9. The summed E-state index contributed by atoms with van der Waals surface area (Å²) in [6, 6.07) is 6.16. The number of anilines is 1. The largest absolute Gasteiger partial charge is 0.356 e. The number of rotatable bonds is 3. The molecule has 0 aliphatic carbocycles. The van der Waals surface area contributed by atoms with Crippen LogP contribution in [0.3, 0.4) is 0 Å². The van der Waals surface area contributed by atoms with Gasteiger partial charge in [0.05, 0.1) is 12.1 Å². The molecule has 1 saturated heterocycles. The second-order valence-corrected chi connectivity index (χ2v) is 7.00. The summed E-state index contributed by atoms with van der Waals surface area (Å²) >= 11 is 0. The molecule has 1 fully saturated rings. The van der Waals surface area contributed by atoms with Gasteiger partial charge in [0.15, 0.2) is 0 Å². The van der Waals surface area contributed by atoms with E-state index in [1.807, 2.05) is 4.90 Å². The zero-order valence-corrected chi connectivity index (χ0v) is 14.8. The molecule has 3 heterocycles. The number of aromatic nitrogens is 2. The molecule has 0 saturated carbocycles. The van der Waals surface area contributed by atoms with E-state index in [1.54, 1.807) is 18.5 Å². The molecular weight excluding hydrogens is 331 g/mol. The molecule has 0 bridgehead atoms. The van der Waals surface area contributed by atoms with Crippen molar-refractivity contribution in [2.75, 3.05) is 31.1 Å². The number of carbonyl (C=O) groups is 1. The monoisotopic (exact) mass is 354 g/mol. The number of amides is 1. The van der Waals surface area contributed by atoms with Gasteiger partial charge in [-0.3, -0.25) is 4.79 Å². The Kier molecular flexibility index (Phi) is 4.82. The zero-order chi connectivity index (χ0) is 17.9. The van der Waals surface area contributed by atoms with Gasteiger partial charge in [-0.15, -0.1) is 0 Å². The molecule has 1 aromatic heterocycles. The minimum atomic E-state index is -0.278. The maximum Gasteiger partial charge on any atom is 0.227 e. The van der Waals surface area contributed by atoms with E-state index < -0.39 is 0 Å². The zero-order valence-electron chi connectivity index (χ0n) is 14.8. The predicted molar refractivity (Wildman–Crippen MR) is 97.6 cm³/mol. The van der Waals surface area contributed by atoms with E-state index >= 15 is 0 Å². The highest BCUT2D eigenvalue weighted by atomic mass is 19.1. The Bertz CT molecular complexity index is 787. The van der Waals surface area contributed by atoms with E-state index in [9.17, 15) is 9.18 Å². The Morgan fingerprint density at radius 3 is 2.50 bits per heavy atom. The van der Waals surface area contributed by atoms with Crippen molar-refractivity contribution in [2.45, 2.75) is 32.1 Å². The summed E-state index contributed by atoms with van der Waals surface area (Å²) in [7, 11) is 0. The van der Waals surface area contributed by atoms with E-state index in [1.165, 1.54) is 30.5 Å². The molecule has 2 aliphatic heterocycles. The van der Waals surface area contributed by atoms with Crippen LogP contribution in [-0.4, -0.2) is 47.0 Å². The van der Waals surface area contributed by atoms with Crippen LogP contribution in [0, 0.1) is 5.82 Å². The average Bonchev–Trinajstić information content (AvgIpc) is 3.09. The first kappa shape index (κ1) is 16.9. The Morgan fingerprint density at radius 2 is 1.73 bits per heavy atom. The highest BCUT2D eigenvalue weighted by Gasteiger charge is 2.24. The highest BCUT2D eigenvalue weighted by molar-refractivity contribution is 5.79. The van der Waals surface area contributed by atoms with Crippen LogP contribution in [0.15, 0.2) is 30.6 Å². The van der Waals surface area contributed by atoms with Crippen molar-refractivity contribution in [3.63, 3.8) is 0 Å². The van der Waals surface area contributed by atoms with E-state index in [0.29, 0.717) is 19.5 Å². The number of halogens is 1. The second kappa shape index (κ2) is 7.40. The van der Waals surface area contributed by atoms with Crippen molar-refractivity contribution in [3.05, 3.63) is 53.2 Å². The lowest BCUT2D eigenvalue weighted by Crippen LogP contribution is -2.34. The normalized spacial score (nSPS) is 17.1. The van der Waals surface area contributed by atoms with Gasteiger partial charge >= 0.3 is 0 Å². The predicted octanol–water partition coefficient (Wildman–Crippen LogP) is 2.39. The van der Waals surface area contributed by atoms with Crippen molar-refractivity contribution >= 4 is 11.7 Å². The minimum Gasteiger partial charge on any atom is -0.356 e. The average molecular weight is 354 g/mol. The maximum absolute atomic E-state index is 13.0. The molecule has 1 amide bonds. The minimum absolute atomic E-state index is 0.0834. The fourth-order valence-electron chi connectivity index (χ4n) is 3.85. The number of nitrogens with zero attached hydrogens (tertiary/aromatic N) is 4. The Morgan fingerprint density at radius 1 is 1.00 bits per heavy atom. The SMILES string of the molecule is O=C(Cc1ccc(F)cc1)N1CCc2ncnc(N3CCCC3)c2CC1. The number of benzene rings is 1. The lowest BCUT2D eigenvalue weighted by molar-refractivity contribution is -0.130. The van der Waals surface area contributed by atoms with Crippen LogP contribution in [0.1, 0.15) is 29.7 Å². The van der Waals surface area contributed by atoms with Gasteiger partial charge in [-0.25, -0.2) is 14.4 Å². The van der Waals surface area contributed by atoms with Crippen molar-refractivity contribution in [1.29, 1.82) is 0 Å². The number of hydrogen-bond acceptors (Lipinski definition) is 4.